The smallest absolute Gasteiger partial charge is 0.169 e. The third-order valence-corrected chi connectivity index (χ3v) is 3.94. The molecule has 4 nitrogen and oxygen atoms in total. The molecule has 0 aliphatic heterocycles. The van der Waals surface area contributed by atoms with Crippen molar-refractivity contribution in [1.29, 1.82) is 0 Å². The molecule has 18 heavy (non-hydrogen) atoms. The van der Waals surface area contributed by atoms with Gasteiger partial charge in [0.2, 0.25) is 0 Å². The Bertz CT molecular complexity index is 604. The Kier molecular flexibility index (Phi) is 3.61. The van der Waals surface area contributed by atoms with Crippen LogP contribution in [0.15, 0.2) is 22.9 Å². The average Bonchev–Trinajstić information content (AvgIpc) is 2.56. The summed E-state index contributed by atoms with van der Waals surface area (Å²) in [4.78, 5) is 16.3. The number of hydrogen-bond acceptors (Lipinski definition) is 3. The predicted octanol–water partition coefficient (Wildman–Crippen LogP) is 2.62. The zero-order valence-corrected chi connectivity index (χ0v) is 12.2. The molecule has 0 aliphatic carbocycles. The molecule has 0 aliphatic rings. The van der Waals surface area contributed by atoms with Gasteiger partial charge in [-0.15, -0.1) is 0 Å². The maximum absolute atomic E-state index is 12.3. The van der Waals surface area contributed by atoms with Crippen molar-refractivity contribution in [1.82, 2.24) is 14.8 Å². The Labute approximate surface area is 114 Å². The lowest BCUT2D eigenvalue weighted by molar-refractivity contribution is 0.0990. The van der Waals surface area contributed by atoms with E-state index in [0.29, 0.717) is 6.42 Å². The predicted molar refractivity (Wildman–Crippen MR) is 72.7 cm³/mol. The highest BCUT2D eigenvalue weighted by atomic mass is 79.9. The number of carbonyl (C=O) groups is 1. The van der Waals surface area contributed by atoms with Crippen molar-refractivity contribution >= 4 is 21.7 Å². The molecular formula is C13H14BrN3O. The summed E-state index contributed by atoms with van der Waals surface area (Å²) in [5.74, 6) is 0.0820. The fraction of sp³-hybridized carbons (Fsp3) is 0.308. The molecule has 0 aromatic carbocycles. The summed E-state index contributed by atoms with van der Waals surface area (Å²) in [5, 5.41) is 4.28. The third kappa shape index (κ3) is 2.36. The highest BCUT2D eigenvalue weighted by Gasteiger charge is 2.16. The van der Waals surface area contributed by atoms with Crippen LogP contribution in [-0.4, -0.2) is 20.5 Å². The summed E-state index contributed by atoms with van der Waals surface area (Å²) in [5.41, 5.74) is 3.41. The molecule has 5 heteroatoms. The number of ketones is 1. The van der Waals surface area contributed by atoms with Crippen LogP contribution in [0.25, 0.3) is 0 Å². The van der Waals surface area contributed by atoms with Crippen LogP contribution >= 0.6 is 15.9 Å². The normalized spacial score (nSPS) is 10.7. The lowest BCUT2D eigenvalue weighted by atomic mass is 10.0. The van der Waals surface area contributed by atoms with E-state index in [-0.39, 0.29) is 5.78 Å². The van der Waals surface area contributed by atoms with E-state index in [1.807, 2.05) is 20.9 Å². The maximum Gasteiger partial charge on any atom is 0.169 e. The molecule has 0 spiro atoms. The summed E-state index contributed by atoms with van der Waals surface area (Å²) >= 11 is 3.47. The molecule has 0 radical (unpaired) electrons. The van der Waals surface area contributed by atoms with Gasteiger partial charge in [0.05, 0.1) is 22.3 Å². The van der Waals surface area contributed by atoms with Crippen molar-refractivity contribution in [3.05, 3.63) is 45.4 Å². The second kappa shape index (κ2) is 5.02. The molecule has 0 fully saturated rings. The lowest BCUT2D eigenvalue weighted by Crippen LogP contribution is -2.09. The van der Waals surface area contributed by atoms with Crippen molar-refractivity contribution in [3.8, 4) is 0 Å². The SMILES string of the molecule is Cc1cnccc1C(=O)Cc1c(Br)c(C)nn1C. The van der Waals surface area contributed by atoms with Crippen LogP contribution in [0.1, 0.15) is 27.3 Å². The number of nitrogens with zero attached hydrogens (tertiary/aromatic N) is 3. The first kappa shape index (κ1) is 13.0. The van der Waals surface area contributed by atoms with E-state index in [4.69, 9.17) is 0 Å². The maximum atomic E-state index is 12.3. The minimum atomic E-state index is 0.0820. The molecule has 0 bridgehead atoms. The summed E-state index contributed by atoms with van der Waals surface area (Å²) < 4.78 is 2.65. The number of Topliss-reactive ketones (excluding diaryl/α,β-unsaturated/α-hetero) is 1. The lowest BCUT2D eigenvalue weighted by Gasteiger charge is -2.05. The first-order valence-electron chi connectivity index (χ1n) is 5.62. The Morgan fingerprint density at radius 3 is 2.72 bits per heavy atom. The van der Waals surface area contributed by atoms with Gasteiger partial charge < -0.3 is 0 Å². The first-order valence-corrected chi connectivity index (χ1v) is 6.41. The molecule has 0 amide bonds. The van der Waals surface area contributed by atoms with E-state index >= 15 is 0 Å². The number of rotatable bonds is 3. The number of hydrogen-bond donors (Lipinski definition) is 0. The minimum Gasteiger partial charge on any atom is -0.294 e. The van der Waals surface area contributed by atoms with Gasteiger partial charge in [-0.05, 0) is 41.4 Å². The quantitative estimate of drug-likeness (QED) is 0.819. The zero-order chi connectivity index (χ0) is 13.3. The Morgan fingerprint density at radius 2 is 2.17 bits per heavy atom. The summed E-state index contributed by atoms with van der Waals surface area (Å²) in [6.45, 7) is 3.81. The molecule has 94 valence electrons. The highest BCUT2D eigenvalue weighted by molar-refractivity contribution is 9.10. The van der Waals surface area contributed by atoms with Crippen LogP contribution in [0.5, 0.6) is 0 Å². The summed E-state index contributed by atoms with van der Waals surface area (Å²) in [7, 11) is 1.85. The molecule has 2 aromatic heterocycles. The summed E-state index contributed by atoms with van der Waals surface area (Å²) in [6.07, 6.45) is 3.68. The van der Waals surface area contributed by atoms with Crippen molar-refractivity contribution in [2.45, 2.75) is 20.3 Å². The van der Waals surface area contributed by atoms with Gasteiger partial charge in [-0.2, -0.15) is 5.10 Å². The van der Waals surface area contributed by atoms with Crippen LogP contribution in [-0.2, 0) is 13.5 Å². The van der Waals surface area contributed by atoms with Gasteiger partial charge in [-0.3, -0.25) is 14.5 Å². The van der Waals surface area contributed by atoms with Crippen LogP contribution in [0, 0.1) is 13.8 Å². The molecule has 0 unspecified atom stereocenters. The number of aryl methyl sites for hydroxylation is 3. The van der Waals surface area contributed by atoms with Crippen molar-refractivity contribution in [3.63, 3.8) is 0 Å². The number of halogens is 1. The number of carbonyl (C=O) groups excluding carboxylic acids is 1. The molecule has 0 atom stereocenters. The molecule has 0 N–H and O–H groups in total. The van der Waals surface area contributed by atoms with Gasteiger partial charge in [-0.25, -0.2) is 0 Å². The second-order valence-corrected chi connectivity index (χ2v) is 5.05. The van der Waals surface area contributed by atoms with Gasteiger partial charge in [0.25, 0.3) is 0 Å². The molecule has 2 aromatic rings. The van der Waals surface area contributed by atoms with E-state index in [1.54, 1.807) is 23.1 Å². The largest absolute Gasteiger partial charge is 0.294 e. The topological polar surface area (TPSA) is 47.8 Å². The van der Waals surface area contributed by atoms with Crippen LogP contribution in [0.2, 0.25) is 0 Å². The van der Waals surface area contributed by atoms with Crippen LogP contribution in [0.3, 0.4) is 0 Å². The highest BCUT2D eigenvalue weighted by Crippen LogP contribution is 2.22. The second-order valence-electron chi connectivity index (χ2n) is 4.26. The molecule has 0 saturated carbocycles. The van der Waals surface area contributed by atoms with Crippen LogP contribution < -0.4 is 0 Å². The fourth-order valence-electron chi connectivity index (χ4n) is 1.91. The Balaban J connectivity index is 2.30. The minimum absolute atomic E-state index is 0.0820. The third-order valence-electron chi connectivity index (χ3n) is 2.91. The van der Waals surface area contributed by atoms with E-state index < -0.39 is 0 Å². The van der Waals surface area contributed by atoms with Gasteiger partial charge in [0.1, 0.15) is 0 Å². The Hall–Kier alpha value is -1.49. The molecule has 2 rings (SSSR count). The molecule has 2 heterocycles. The van der Waals surface area contributed by atoms with Crippen LogP contribution in [0.4, 0.5) is 0 Å². The van der Waals surface area contributed by atoms with E-state index in [0.717, 1.165) is 27.0 Å². The monoisotopic (exact) mass is 307 g/mol. The Morgan fingerprint density at radius 1 is 1.44 bits per heavy atom. The zero-order valence-electron chi connectivity index (χ0n) is 10.6. The van der Waals surface area contributed by atoms with E-state index in [9.17, 15) is 4.79 Å². The van der Waals surface area contributed by atoms with E-state index in [2.05, 4.69) is 26.0 Å². The van der Waals surface area contributed by atoms with Crippen molar-refractivity contribution in [2.24, 2.45) is 7.05 Å². The van der Waals surface area contributed by atoms with Gasteiger partial charge >= 0.3 is 0 Å². The van der Waals surface area contributed by atoms with Crippen molar-refractivity contribution < 1.29 is 4.79 Å². The van der Waals surface area contributed by atoms with Gasteiger partial charge in [-0.1, -0.05) is 0 Å². The van der Waals surface area contributed by atoms with Gasteiger partial charge in [0.15, 0.2) is 5.78 Å². The standard InChI is InChI=1S/C13H14BrN3O/c1-8-7-15-5-4-10(8)12(18)6-11-13(14)9(2)16-17(11)3/h4-5,7H,6H2,1-3H3. The summed E-state index contributed by atoms with van der Waals surface area (Å²) in [6, 6.07) is 1.76. The molecular weight excluding hydrogens is 294 g/mol. The average molecular weight is 308 g/mol. The number of aromatic nitrogens is 3. The molecule has 0 saturated heterocycles. The van der Waals surface area contributed by atoms with Gasteiger partial charge in [0, 0.05) is 25.0 Å². The number of pyridine rings is 1. The fourth-order valence-corrected chi connectivity index (χ4v) is 2.38. The van der Waals surface area contributed by atoms with E-state index in [1.165, 1.54) is 0 Å². The van der Waals surface area contributed by atoms with Crippen molar-refractivity contribution in [2.75, 3.05) is 0 Å². The first-order chi connectivity index (χ1) is 8.50.